The molecule has 2 aromatic rings. The van der Waals surface area contributed by atoms with Crippen molar-refractivity contribution in [2.75, 3.05) is 44.4 Å². The number of aliphatic hydroxyl groups is 1. The van der Waals surface area contributed by atoms with E-state index in [2.05, 4.69) is 50.4 Å². The standard InChI is InChI=1S/C32H44FN3O3Si/c1-8-32(37)19-38-18-22-16-35-17-25-24(28(35)15-26(22)32)13-21-14-27(33)20(2)23-9-11-36(30(25)29(21)23)34-10-12-39-40(6,7)31(3,4)5/h13-15,34,37H,8-12,16-19H2,1-7H3/t32-/m1/s1/i16D,19D/t16?,19?,32-. The third-order valence-electron chi connectivity index (χ3n) is 9.74. The molecule has 216 valence electrons. The van der Waals surface area contributed by atoms with Crippen LogP contribution in [0.15, 0.2) is 29.4 Å². The predicted octanol–water partition coefficient (Wildman–Crippen LogP) is 5.81. The van der Waals surface area contributed by atoms with Crippen LogP contribution in [0.2, 0.25) is 18.1 Å². The molecule has 3 atom stereocenters. The summed E-state index contributed by atoms with van der Waals surface area (Å²) in [6.45, 7) is 15.8. The van der Waals surface area contributed by atoms with E-state index in [1.807, 2.05) is 24.8 Å². The minimum Gasteiger partial charge on any atom is -0.415 e. The van der Waals surface area contributed by atoms with Crippen LogP contribution in [0, 0.1) is 12.7 Å². The predicted molar refractivity (Wildman–Crippen MR) is 162 cm³/mol. The van der Waals surface area contributed by atoms with E-state index < -0.39 is 27.0 Å². The van der Waals surface area contributed by atoms with Crippen LogP contribution in [0.1, 0.15) is 59.1 Å². The number of rotatable bonds is 6. The Morgan fingerprint density at radius 2 is 2.05 bits per heavy atom. The fourth-order valence-electron chi connectivity index (χ4n) is 6.23. The van der Waals surface area contributed by atoms with Crippen LogP contribution in [0.5, 0.6) is 0 Å². The molecule has 6 rings (SSSR count). The van der Waals surface area contributed by atoms with E-state index in [4.69, 9.17) is 10.5 Å². The molecule has 2 unspecified atom stereocenters. The molecule has 0 spiro atoms. The number of nitrogens with zero attached hydrogens (tertiary/aromatic N) is 2. The highest BCUT2D eigenvalue weighted by Gasteiger charge is 2.41. The van der Waals surface area contributed by atoms with Crippen molar-refractivity contribution in [2.45, 2.75) is 77.7 Å². The monoisotopic (exact) mass is 567 g/mol. The summed E-state index contributed by atoms with van der Waals surface area (Å²) in [5.41, 5.74) is 9.16. The van der Waals surface area contributed by atoms with E-state index in [-0.39, 0.29) is 17.5 Å². The van der Waals surface area contributed by atoms with Crippen LogP contribution >= 0.6 is 0 Å². The number of hydrazine groups is 1. The molecule has 0 radical (unpaired) electrons. The maximum atomic E-state index is 15.2. The van der Waals surface area contributed by atoms with Gasteiger partial charge in [0, 0.05) is 55.0 Å². The quantitative estimate of drug-likeness (QED) is 0.339. The van der Waals surface area contributed by atoms with Crippen molar-refractivity contribution in [3.05, 3.63) is 57.4 Å². The fraction of sp³-hybridized carbons (Fsp3) is 0.562. The van der Waals surface area contributed by atoms with Gasteiger partial charge in [0.25, 0.3) is 0 Å². The van der Waals surface area contributed by atoms with Gasteiger partial charge in [-0.3, -0.25) is 0 Å². The maximum absolute atomic E-state index is 15.2. The van der Waals surface area contributed by atoms with Gasteiger partial charge in [-0.25, -0.2) is 9.82 Å². The molecule has 4 heterocycles. The van der Waals surface area contributed by atoms with Crippen LogP contribution in [-0.4, -0.2) is 63.3 Å². The summed E-state index contributed by atoms with van der Waals surface area (Å²) >= 11 is 0. The molecule has 40 heavy (non-hydrogen) atoms. The lowest BCUT2D eigenvalue weighted by Gasteiger charge is -2.39. The summed E-state index contributed by atoms with van der Waals surface area (Å²) in [6.07, 6.45) is 3.00. The van der Waals surface area contributed by atoms with Gasteiger partial charge in [-0.2, -0.15) is 0 Å². The zero-order valence-electron chi connectivity index (χ0n) is 26.9. The van der Waals surface area contributed by atoms with Crippen molar-refractivity contribution < 1.29 is 21.4 Å². The van der Waals surface area contributed by atoms with Gasteiger partial charge in [-0.1, -0.05) is 27.7 Å². The molecule has 0 saturated heterocycles. The lowest BCUT2D eigenvalue weighted by atomic mass is 9.83. The van der Waals surface area contributed by atoms with E-state index in [9.17, 15) is 6.48 Å². The first kappa shape index (κ1) is 25.5. The van der Waals surface area contributed by atoms with Crippen molar-refractivity contribution in [3.63, 3.8) is 0 Å². The molecule has 2 aromatic carbocycles. The Labute approximate surface area is 241 Å². The molecule has 4 aliphatic heterocycles. The largest absolute Gasteiger partial charge is 0.415 e. The number of benzene rings is 2. The van der Waals surface area contributed by atoms with Crippen LogP contribution in [0.3, 0.4) is 0 Å². The van der Waals surface area contributed by atoms with Crippen LogP contribution < -0.4 is 10.4 Å². The zero-order valence-corrected chi connectivity index (χ0v) is 25.9. The zero-order chi connectivity index (χ0) is 30.4. The Bertz CT molecular complexity index is 1520. The summed E-state index contributed by atoms with van der Waals surface area (Å²) in [6, 6.07) is 3.68. The molecule has 0 amide bonds. The molecule has 6 nitrogen and oxygen atoms in total. The number of anilines is 1. The molecule has 0 aliphatic carbocycles. The average molecular weight is 568 g/mol. The molecular formula is C32H44FN3O3Si. The molecule has 2 N–H and O–H groups in total. The molecule has 0 aromatic heterocycles. The lowest BCUT2D eigenvalue weighted by molar-refractivity contribution is -0.0311. The second kappa shape index (κ2) is 9.66. The summed E-state index contributed by atoms with van der Waals surface area (Å²) in [4.78, 5) is 2.04. The van der Waals surface area contributed by atoms with E-state index in [0.29, 0.717) is 49.4 Å². The first-order valence-corrected chi connectivity index (χ1v) is 17.4. The molecule has 0 bridgehead atoms. The number of nitrogens with one attached hydrogen (secondary N) is 1. The normalized spacial score (nSPS) is 26.9. The highest BCUT2D eigenvalue weighted by molar-refractivity contribution is 6.74. The third kappa shape index (κ3) is 4.34. The summed E-state index contributed by atoms with van der Waals surface area (Å²) in [7, 11) is -1.88. The van der Waals surface area contributed by atoms with E-state index in [1.54, 1.807) is 6.07 Å². The average Bonchev–Trinajstić information content (AvgIpc) is 3.30. The van der Waals surface area contributed by atoms with Gasteiger partial charge in [0.1, 0.15) is 11.4 Å². The summed E-state index contributed by atoms with van der Waals surface area (Å²) < 4.78 is 44.9. The molecule has 0 fully saturated rings. The van der Waals surface area contributed by atoms with E-state index >= 15 is 4.39 Å². The van der Waals surface area contributed by atoms with Crippen molar-refractivity contribution in [3.8, 4) is 0 Å². The number of ether oxygens (including phenoxy) is 1. The molecule has 0 saturated carbocycles. The number of hydrogen-bond donors (Lipinski definition) is 2. The van der Waals surface area contributed by atoms with E-state index in [0.717, 1.165) is 45.3 Å². The first-order chi connectivity index (χ1) is 19.7. The second-order valence-corrected chi connectivity index (χ2v) is 18.0. The second-order valence-electron chi connectivity index (χ2n) is 13.2. The van der Waals surface area contributed by atoms with Gasteiger partial charge in [-0.15, -0.1) is 0 Å². The Kier molecular flexibility index (Phi) is 6.15. The van der Waals surface area contributed by atoms with Crippen molar-refractivity contribution in [1.82, 2.24) is 10.3 Å². The smallest absolute Gasteiger partial charge is 0.192 e. The van der Waals surface area contributed by atoms with Gasteiger partial charge in [0.05, 0.1) is 21.6 Å². The molecule has 4 aliphatic rings. The molecule has 8 heteroatoms. The number of fused-ring (bicyclic) bond motifs is 4. The van der Waals surface area contributed by atoms with Gasteiger partial charge >= 0.3 is 0 Å². The van der Waals surface area contributed by atoms with Gasteiger partial charge in [-0.05, 0) is 83.8 Å². The Morgan fingerprint density at radius 1 is 1.27 bits per heavy atom. The Hall–Kier alpha value is -2.23. The van der Waals surface area contributed by atoms with Gasteiger partial charge < -0.3 is 24.2 Å². The van der Waals surface area contributed by atoms with Crippen LogP contribution in [0.25, 0.3) is 16.5 Å². The minimum absolute atomic E-state index is 0.137. The Balaban J connectivity index is 1.43. The SMILES string of the molecule is [2H]C1C2=C(C=C3c4cc5cc(F)c(C)c6c5c(c4CN31)N(NCCO[Si](C)(C)C(C)(C)C)CC6)[C@@](O)(CC)C([2H])OC2. The third-order valence-corrected chi connectivity index (χ3v) is 14.3. The maximum Gasteiger partial charge on any atom is 0.192 e. The topological polar surface area (TPSA) is 57.2 Å². The van der Waals surface area contributed by atoms with Crippen molar-refractivity contribution >= 4 is 30.5 Å². The highest BCUT2D eigenvalue weighted by atomic mass is 28.4. The van der Waals surface area contributed by atoms with E-state index in [1.165, 1.54) is 0 Å². The minimum atomic E-state index is -1.88. The summed E-state index contributed by atoms with van der Waals surface area (Å²) in [5.74, 6) is -0.203. The Morgan fingerprint density at radius 3 is 2.77 bits per heavy atom. The van der Waals surface area contributed by atoms with Crippen LogP contribution in [0.4, 0.5) is 10.1 Å². The fourth-order valence-corrected chi connectivity index (χ4v) is 7.28. The number of halogens is 1. The van der Waals surface area contributed by atoms with Crippen LogP contribution in [-0.2, 0) is 22.1 Å². The lowest BCUT2D eigenvalue weighted by Crippen LogP contribution is -2.46. The first-order valence-electron chi connectivity index (χ1n) is 15.7. The van der Waals surface area contributed by atoms with Crippen molar-refractivity contribution in [1.29, 1.82) is 0 Å². The number of hydrogen-bond acceptors (Lipinski definition) is 6. The summed E-state index contributed by atoms with van der Waals surface area (Å²) in [5, 5.41) is 15.7. The van der Waals surface area contributed by atoms with Gasteiger partial charge in [0.15, 0.2) is 8.32 Å². The molecular weight excluding hydrogens is 521 g/mol. The highest BCUT2D eigenvalue weighted by Crippen LogP contribution is 2.49. The van der Waals surface area contributed by atoms with Crippen molar-refractivity contribution in [2.24, 2.45) is 0 Å². The van der Waals surface area contributed by atoms with Gasteiger partial charge in [0.2, 0.25) is 0 Å².